The molecule has 0 aromatic heterocycles. The molecule has 94 valence electrons. The summed E-state index contributed by atoms with van der Waals surface area (Å²) in [7, 11) is 3.35. The largest absolute Gasteiger partial charge is 0.493 e. The number of hydrogen-bond acceptors (Lipinski definition) is 3. The van der Waals surface area contributed by atoms with Crippen LogP contribution in [0.15, 0.2) is 18.2 Å². The lowest BCUT2D eigenvalue weighted by Gasteiger charge is -2.15. The fourth-order valence-electron chi connectivity index (χ4n) is 2.33. The highest BCUT2D eigenvalue weighted by molar-refractivity contribution is 5.42. The van der Waals surface area contributed by atoms with Crippen LogP contribution in [0.2, 0.25) is 0 Å². The highest BCUT2D eigenvalue weighted by Gasteiger charge is 2.11. The lowest BCUT2D eigenvalue weighted by molar-refractivity contribution is 0.341. The summed E-state index contributed by atoms with van der Waals surface area (Å²) in [6.07, 6.45) is 3.79. The zero-order valence-corrected chi connectivity index (χ0v) is 10.7. The second kappa shape index (κ2) is 5.92. The van der Waals surface area contributed by atoms with Crippen LogP contribution in [0.1, 0.15) is 18.4 Å². The van der Waals surface area contributed by atoms with Crippen LogP contribution in [0.3, 0.4) is 0 Å². The topological polar surface area (TPSA) is 21.7 Å². The Morgan fingerprint density at radius 2 is 1.76 bits per heavy atom. The summed E-state index contributed by atoms with van der Waals surface area (Å²) in [5.41, 5.74) is 1.31. The molecule has 0 N–H and O–H groups in total. The summed E-state index contributed by atoms with van der Waals surface area (Å²) < 4.78 is 10.5. The average Bonchev–Trinajstić information content (AvgIpc) is 2.89. The number of rotatable bonds is 5. The van der Waals surface area contributed by atoms with Gasteiger partial charge >= 0.3 is 0 Å². The van der Waals surface area contributed by atoms with Crippen molar-refractivity contribution >= 4 is 0 Å². The van der Waals surface area contributed by atoms with E-state index in [0.717, 1.165) is 24.5 Å². The Kier molecular flexibility index (Phi) is 4.26. The monoisotopic (exact) mass is 235 g/mol. The van der Waals surface area contributed by atoms with Crippen LogP contribution in [0.25, 0.3) is 0 Å². The number of hydrogen-bond donors (Lipinski definition) is 0. The molecule has 0 radical (unpaired) electrons. The molecule has 0 aliphatic carbocycles. The summed E-state index contributed by atoms with van der Waals surface area (Å²) in [5.74, 6) is 1.63. The molecule has 0 saturated carbocycles. The molecule has 0 unspecified atom stereocenters. The molecule has 3 heteroatoms. The van der Waals surface area contributed by atoms with Crippen molar-refractivity contribution in [2.24, 2.45) is 0 Å². The number of nitrogens with zero attached hydrogens (tertiary/aromatic N) is 1. The molecule has 3 nitrogen and oxygen atoms in total. The van der Waals surface area contributed by atoms with E-state index in [1.54, 1.807) is 14.2 Å². The quantitative estimate of drug-likeness (QED) is 0.782. The molecule has 1 aliphatic heterocycles. The van der Waals surface area contributed by atoms with Gasteiger partial charge in [0.2, 0.25) is 0 Å². The van der Waals surface area contributed by atoms with Gasteiger partial charge in [-0.25, -0.2) is 0 Å². The van der Waals surface area contributed by atoms with Crippen molar-refractivity contribution in [1.29, 1.82) is 0 Å². The SMILES string of the molecule is COc1ccc(CCN2CCCC2)cc1OC. The van der Waals surface area contributed by atoms with Crippen LogP contribution in [0.4, 0.5) is 0 Å². The highest BCUT2D eigenvalue weighted by Crippen LogP contribution is 2.27. The van der Waals surface area contributed by atoms with Crippen LogP contribution in [0, 0.1) is 0 Å². The molecule has 1 aromatic rings. The van der Waals surface area contributed by atoms with Crippen molar-refractivity contribution in [3.8, 4) is 11.5 Å². The number of benzene rings is 1. The van der Waals surface area contributed by atoms with Gasteiger partial charge in [-0.2, -0.15) is 0 Å². The molecule has 1 aliphatic rings. The zero-order chi connectivity index (χ0) is 12.1. The van der Waals surface area contributed by atoms with Crippen molar-refractivity contribution in [1.82, 2.24) is 4.90 Å². The van der Waals surface area contributed by atoms with Crippen LogP contribution >= 0.6 is 0 Å². The molecule has 1 saturated heterocycles. The predicted molar refractivity (Wildman–Crippen MR) is 68.9 cm³/mol. The molecule has 0 atom stereocenters. The summed E-state index contributed by atoms with van der Waals surface area (Å²) in [6.45, 7) is 3.66. The maximum Gasteiger partial charge on any atom is 0.160 e. The summed E-state index contributed by atoms with van der Waals surface area (Å²) in [5, 5.41) is 0. The van der Waals surface area contributed by atoms with E-state index in [-0.39, 0.29) is 0 Å². The van der Waals surface area contributed by atoms with E-state index in [1.807, 2.05) is 6.07 Å². The van der Waals surface area contributed by atoms with E-state index in [9.17, 15) is 0 Å². The number of likely N-dealkylation sites (tertiary alicyclic amines) is 1. The third-order valence-corrected chi connectivity index (χ3v) is 3.36. The molecule has 0 bridgehead atoms. The first-order valence-corrected chi connectivity index (χ1v) is 6.27. The maximum atomic E-state index is 5.31. The van der Waals surface area contributed by atoms with Gasteiger partial charge in [-0.3, -0.25) is 0 Å². The van der Waals surface area contributed by atoms with Gasteiger partial charge in [0.15, 0.2) is 11.5 Å². The first kappa shape index (κ1) is 12.2. The van der Waals surface area contributed by atoms with Gasteiger partial charge in [0.25, 0.3) is 0 Å². The summed E-state index contributed by atoms with van der Waals surface area (Å²) in [4.78, 5) is 2.52. The van der Waals surface area contributed by atoms with Crippen molar-refractivity contribution in [3.63, 3.8) is 0 Å². The van der Waals surface area contributed by atoms with Crippen molar-refractivity contribution < 1.29 is 9.47 Å². The van der Waals surface area contributed by atoms with E-state index < -0.39 is 0 Å². The molecule has 2 rings (SSSR count). The van der Waals surface area contributed by atoms with Crippen molar-refractivity contribution in [2.45, 2.75) is 19.3 Å². The molecule has 0 amide bonds. The minimum atomic E-state index is 0.803. The Balaban J connectivity index is 1.95. The van der Waals surface area contributed by atoms with Crippen molar-refractivity contribution in [2.75, 3.05) is 33.9 Å². The van der Waals surface area contributed by atoms with Crippen LogP contribution < -0.4 is 9.47 Å². The van der Waals surface area contributed by atoms with Crippen molar-refractivity contribution in [3.05, 3.63) is 23.8 Å². The average molecular weight is 235 g/mol. The smallest absolute Gasteiger partial charge is 0.160 e. The Morgan fingerprint density at radius 3 is 2.41 bits per heavy atom. The van der Waals surface area contributed by atoms with Crippen LogP contribution in [0.5, 0.6) is 11.5 Å². The van der Waals surface area contributed by atoms with E-state index in [2.05, 4.69) is 17.0 Å². The van der Waals surface area contributed by atoms with Gasteiger partial charge in [0.05, 0.1) is 14.2 Å². The van der Waals surface area contributed by atoms with E-state index in [0.29, 0.717) is 0 Å². The first-order chi connectivity index (χ1) is 8.33. The number of methoxy groups -OCH3 is 2. The molecule has 1 aromatic carbocycles. The Hall–Kier alpha value is -1.22. The molecule has 17 heavy (non-hydrogen) atoms. The van der Waals surface area contributed by atoms with Gasteiger partial charge in [0, 0.05) is 6.54 Å². The van der Waals surface area contributed by atoms with Crippen LogP contribution in [-0.2, 0) is 6.42 Å². The van der Waals surface area contributed by atoms with E-state index in [1.165, 1.54) is 31.5 Å². The zero-order valence-electron chi connectivity index (χ0n) is 10.7. The normalized spacial score (nSPS) is 16.1. The lowest BCUT2D eigenvalue weighted by Crippen LogP contribution is -2.21. The maximum absolute atomic E-state index is 5.31. The standard InChI is InChI=1S/C14H21NO2/c1-16-13-6-5-12(11-14(13)17-2)7-10-15-8-3-4-9-15/h5-6,11H,3-4,7-10H2,1-2H3. The molecule has 1 fully saturated rings. The number of ether oxygens (including phenoxy) is 2. The van der Waals surface area contributed by atoms with E-state index in [4.69, 9.17) is 9.47 Å². The molecule has 0 spiro atoms. The van der Waals surface area contributed by atoms with Gasteiger partial charge in [-0.1, -0.05) is 6.07 Å². The molecule has 1 heterocycles. The summed E-state index contributed by atoms with van der Waals surface area (Å²) in [6, 6.07) is 6.18. The second-order valence-electron chi connectivity index (χ2n) is 4.49. The molecular formula is C14H21NO2. The lowest BCUT2D eigenvalue weighted by atomic mass is 10.1. The fourth-order valence-corrected chi connectivity index (χ4v) is 2.33. The van der Waals surface area contributed by atoms with Gasteiger partial charge < -0.3 is 14.4 Å². The molecular weight excluding hydrogens is 214 g/mol. The summed E-state index contributed by atoms with van der Waals surface area (Å²) >= 11 is 0. The minimum absolute atomic E-state index is 0.803. The van der Waals surface area contributed by atoms with Crippen LogP contribution in [-0.4, -0.2) is 38.8 Å². The Morgan fingerprint density at radius 1 is 1.06 bits per heavy atom. The van der Waals surface area contributed by atoms with Gasteiger partial charge in [0.1, 0.15) is 0 Å². The fraction of sp³-hybridized carbons (Fsp3) is 0.571. The first-order valence-electron chi connectivity index (χ1n) is 6.27. The van der Waals surface area contributed by atoms with Gasteiger partial charge in [-0.15, -0.1) is 0 Å². The minimum Gasteiger partial charge on any atom is -0.493 e. The highest BCUT2D eigenvalue weighted by atomic mass is 16.5. The third-order valence-electron chi connectivity index (χ3n) is 3.36. The Labute approximate surface area is 103 Å². The third kappa shape index (κ3) is 3.13. The second-order valence-corrected chi connectivity index (χ2v) is 4.49. The van der Waals surface area contributed by atoms with Gasteiger partial charge in [-0.05, 0) is 50.0 Å². The predicted octanol–water partition coefficient (Wildman–Crippen LogP) is 2.34. The Bertz CT molecular complexity index is 359. The van der Waals surface area contributed by atoms with E-state index >= 15 is 0 Å².